The van der Waals surface area contributed by atoms with Gasteiger partial charge in [0.1, 0.15) is 10.8 Å². The molecule has 0 aliphatic heterocycles. The molecule has 0 atom stereocenters. The number of hydrogen-bond donors (Lipinski definition) is 0. The second kappa shape index (κ2) is 5.59. The van der Waals surface area contributed by atoms with Crippen molar-refractivity contribution in [2.45, 2.75) is 6.92 Å². The second-order valence-corrected chi connectivity index (χ2v) is 4.23. The van der Waals surface area contributed by atoms with Crippen LogP contribution in [0.15, 0.2) is 23.8 Å². The molecule has 6 heteroatoms. The van der Waals surface area contributed by atoms with E-state index in [2.05, 4.69) is 9.97 Å². The molecular weight excluding hydrogens is 252 g/mol. The third kappa shape index (κ3) is 2.65. The SMILES string of the molecule is CCOC(=O)c1csc(-c2cncc(OC)c2)n1. The van der Waals surface area contributed by atoms with Gasteiger partial charge in [0, 0.05) is 17.1 Å². The number of esters is 1. The van der Waals surface area contributed by atoms with Gasteiger partial charge in [-0.1, -0.05) is 0 Å². The molecule has 0 aliphatic carbocycles. The summed E-state index contributed by atoms with van der Waals surface area (Å²) in [4.78, 5) is 19.8. The highest BCUT2D eigenvalue weighted by Gasteiger charge is 2.13. The molecule has 0 radical (unpaired) electrons. The van der Waals surface area contributed by atoms with E-state index in [9.17, 15) is 4.79 Å². The van der Waals surface area contributed by atoms with Gasteiger partial charge in [0.25, 0.3) is 0 Å². The lowest BCUT2D eigenvalue weighted by molar-refractivity contribution is 0.0520. The van der Waals surface area contributed by atoms with Crippen molar-refractivity contribution in [1.29, 1.82) is 0 Å². The molecule has 0 N–H and O–H groups in total. The summed E-state index contributed by atoms with van der Waals surface area (Å²) in [6.45, 7) is 2.10. The van der Waals surface area contributed by atoms with E-state index in [0.29, 0.717) is 23.1 Å². The number of thiazole rings is 1. The molecule has 0 spiro atoms. The summed E-state index contributed by atoms with van der Waals surface area (Å²) in [5.41, 5.74) is 1.13. The third-order valence-electron chi connectivity index (χ3n) is 2.18. The van der Waals surface area contributed by atoms with Gasteiger partial charge in [-0.05, 0) is 13.0 Å². The Morgan fingerprint density at radius 1 is 1.44 bits per heavy atom. The number of aromatic nitrogens is 2. The van der Waals surface area contributed by atoms with E-state index in [1.54, 1.807) is 31.8 Å². The summed E-state index contributed by atoms with van der Waals surface area (Å²) in [5.74, 6) is 0.247. The monoisotopic (exact) mass is 264 g/mol. The van der Waals surface area contributed by atoms with Crippen molar-refractivity contribution in [3.8, 4) is 16.3 Å². The van der Waals surface area contributed by atoms with Crippen molar-refractivity contribution >= 4 is 17.3 Å². The molecule has 0 fully saturated rings. The summed E-state index contributed by atoms with van der Waals surface area (Å²) < 4.78 is 9.98. The Bertz CT molecular complexity index is 554. The highest BCUT2D eigenvalue weighted by Crippen LogP contribution is 2.26. The molecule has 2 heterocycles. The molecule has 0 aliphatic rings. The molecule has 0 amide bonds. The van der Waals surface area contributed by atoms with E-state index in [0.717, 1.165) is 5.56 Å². The van der Waals surface area contributed by atoms with Gasteiger partial charge in [0.15, 0.2) is 5.69 Å². The first-order chi connectivity index (χ1) is 8.74. The van der Waals surface area contributed by atoms with Gasteiger partial charge in [0.05, 0.1) is 19.9 Å². The van der Waals surface area contributed by atoms with Crippen LogP contribution in [0.1, 0.15) is 17.4 Å². The first-order valence-corrected chi connectivity index (χ1v) is 6.24. The first kappa shape index (κ1) is 12.5. The highest BCUT2D eigenvalue weighted by molar-refractivity contribution is 7.13. The van der Waals surface area contributed by atoms with Crippen LogP contribution in [0.2, 0.25) is 0 Å². The third-order valence-corrected chi connectivity index (χ3v) is 3.08. The summed E-state index contributed by atoms with van der Waals surface area (Å²) in [5, 5.41) is 2.39. The van der Waals surface area contributed by atoms with Gasteiger partial charge in [-0.25, -0.2) is 9.78 Å². The Morgan fingerprint density at radius 3 is 3.00 bits per heavy atom. The predicted molar refractivity (Wildman–Crippen MR) is 67.9 cm³/mol. The van der Waals surface area contributed by atoms with Crippen molar-refractivity contribution in [3.05, 3.63) is 29.5 Å². The van der Waals surface area contributed by atoms with E-state index in [-0.39, 0.29) is 0 Å². The lowest BCUT2D eigenvalue weighted by atomic mass is 10.3. The number of pyridine rings is 1. The van der Waals surface area contributed by atoms with Crippen LogP contribution in [0.25, 0.3) is 10.6 Å². The minimum atomic E-state index is -0.407. The average Bonchev–Trinajstić information content (AvgIpc) is 2.89. The Kier molecular flexibility index (Phi) is 3.88. The molecule has 2 rings (SSSR count). The van der Waals surface area contributed by atoms with Crippen molar-refractivity contribution < 1.29 is 14.3 Å². The lowest BCUT2D eigenvalue weighted by Gasteiger charge is -2.00. The van der Waals surface area contributed by atoms with Crippen molar-refractivity contribution in [3.63, 3.8) is 0 Å². The lowest BCUT2D eigenvalue weighted by Crippen LogP contribution is -2.04. The zero-order valence-corrected chi connectivity index (χ0v) is 10.9. The van der Waals surface area contributed by atoms with Crippen LogP contribution in [-0.4, -0.2) is 29.7 Å². The number of methoxy groups -OCH3 is 1. The van der Waals surface area contributed by atoms with Crippen molar-refractivity contribution in [2.24, 2.45) is 0 Å². The molecule has 0 saturated carbocycles. The van der Waals surface area contributed by atoms with Crippen LogP contribution in [-0.2, 0) is 4.74 Å². The molecule has 0 unspecified atom stereocenters. The maximum Gasteiger partial charge on any atom is 0.357 e. The molecule has 2 aromatic heterocycles. The number of ether oxygens (including phenoxy) is 2. The van der Waals surface area contributed by atoms with E-state index in [1.165, 1.54) is 11.3 Å². The number of nitrogens with zero attached hydrogens (tertiary/aromatic N) is 2. The smallest absolute Gasteiger partial charge is 0.357 e. The molecule has 18 heavy (non-hydrogen) atoms. The van der Waals surface area contributed by atoms with Gasteiger partial charge in [-0.2, -0.15) is 0 Å². The zero-order chi connectivity index (χ0) is 13.0. The largest absolute Gasteiger partial charge is 0.495 e. The molecule has 0 bridgehead atoms. The molecule has 94 valence electrons. The van der Waals surface area contributed by atoms with Crippen LogP contribution in [0.5, 0.6) is 5.75 Å². The highest BCUT2D eigenvalue weighted by atomic mass is 32.1. The molecule has 2 aromatic rings. The summed E-state index contributed by atoms with van der Waals surface area (Å²) >= 11 is 1.37. The maximum absolute atomic E-state index is 11.5. The molecule has 0 aromatic carbocycles. The number of rotatable bonds is 4. The fourth-order valence-corrected chi connectivity index (χ4v) is 2.12. The second-order valence-electron chi connectivity index (χ2n) is 3.37. The van der Waals surface area contributed by atoms with Crippen LogP contribution >= 0.6 is 11.3 Å². The Morgan fingerprint density at radius 2 is 2.28 bits per heavy atom. The molecule has 0 saturated heterocycles. The van der Waals surface area contributed by atoms with Crippen LogP contribution in [0.3, 0.4) is 0 Å². The van der Waals surface area contributed by atoms with Gasteiger partial charge in [-0.3, -0.25) is 4.98 Å². The summed E-state index contributed by atoms with van der Waals surface area (Å²) in [7, 11) is 1.58. The summed E-state index contributed by atoms with van der Waals surface area (Å²) in [6.07, 6.45) is 3.29. The van der Waals surface area contributed by atoms with Gasteiger partial charge in [-0.15, -0.1) is 11.3 Å². The van der Waals surface area contributed by atoms with Crippen LogP contribution in [0.4, 0.5) is 0 Å². The van der Waals surface area contributed by atoms with Crippen molar-refractivity contribution in [1.82, 2.24) is 9.97 Å². The van der Waals surface area contributed by atoms with E-state index >= 15 is 0 Å². The topological polar surface area (TPSA) is 61.3 Å². The minimum Gasteiger partial charge on any atom is -0.495 e. The number of carbonyl (C=O) groups is 1. The first-order valence-electron chi connectivity index (χ1n) is 5.36. The maximum atomic E-state index is 11.5. The van der Waals surface area contributed by atoms with Crippen LogP contribution < -0.4 is 4.74 Å². The predicted octanol–water partition coefficient (Wildman–Crippen LogP) is 2.39. The van der Waals surface area contributed by atoms with Gasteiger partial charge >= 0.3 is 5.97 Å². The fraction of sp³-hybridized carbons (Fsp3) is 0.250. The summed E-state index contributed by atoms with van der Waals surface area (Å²) in [6, 6.07) is 1.82. The Hall–Kier alpha value is -1.95. The fourth-order valence-electron chi connectivity index (χ4n) is 1.35. The molecule has 5 nitrogen and oxygen atoms in total. The quantitative estimate of drug-likeness (QED) is 0.793. The zero-order valence-electron chi connectivity index (χ0n) is 10.0. The number of carbonyl (C=O) groups excluding carboxylic acids is 1. The van der Waals surface area contributed by atoms with E-state index < -0.39 is 5.97 Å². The van der Waals surface area contributed by atoms with Crippen LogP contribution in [0, 0.1) is 0 Å². The van der Waals surface area contributed by atoms with Gasteiger partial charge in [0.2, 0.25) is 0 Å². The number of hydrogen-bond acceptors (Lipinski definition) is 6. The Balaban J connectivity index is 2.26. The van der Waals surface area contributed by atoms with E-state index in [1.807, 2.05) is 6.07 Å². The minimum absolute atomic E-state index is 0.319. The molecular formula is C12H12N2O3S. The standard InChI is InChI=1S/C12H12N2O3S/c1-3-17-12(15)10-7-18-11(14-10)8-4-9(16-2)6-13-5-8/h4-7H,3H2,1-2H3. The van der Waals surface area contributed by atoms with E-state index in [4.69, 9.17) is 9.47 Å². The Labute approximate surface area is 108 Å². The average molecular weight is 264 g/mol. The normalized spacial score (nSPS) is 10.1. The van der Waals surface area contributed by atoms with Gasteiger partial charge < -0.3 is 9.47 Å². The van der Waals surface area contributed by atoms with Crippen molar-refractivity contribution in [2.75, 3.05) is 13.7 Å².